The van der Waals surface area contributed by atoms with Crippen LogP contribution in [0, 0.1) is 0 Å². The predicted molar refractivity (Wildman–Crippen MR) is 131 cm³/mol. The number of nitrogens with one attached hydrogen (secondary N) is 2. The van der Waals surface area contributed by atoms with Crippen molar-refractivity contribution in [2.75, 3.05) is 10.6 Å². The molecule has 0 saturated heterocycles. The largest absolute Gasteiger partial charge is 0.390 e. The molecule has 3 N–H and O–H groups in total. The van der Waals surface area contributed by atoms with Crippen molar-refractivity contribution in [1.82, 2.24) is 19.3 Å². The van der Waals surface area contributed by atoms with E-state index in [1.807, 2.05) is 18.4 Å². The Balaban J connectivity index is 1.31. The predicted octanol–water partition coefficient (Wildman–Crippen LogP) is 4.49. The lowest BCUT2D eigenvalue weighted by Gasteiger charge is -2.33. The summed E-state index contributed by atoms with van der Waals surface area (Å²) >= 11 is 2.90. The van der Waals surface area contributed by atoms with Gasteiger partial charge in [0.1, 0.15) is 17.3 Å². The monoisotopic (exact) mass is 480 g/mol. The molecule has 1 aliphatic rings. The first-order valence-electron chi connectivity index (χ1n) is 10.9. The molecule has 0 spiro atoms. The number of aromatic nitrogens is 4. The summed E-state index contributed by atoms with van der Waals surface area (Å²) in [7, 11) is 0. The van der Waals surface area contributed by atoms with Gasteiger partial charge >= 0.3 is 0 Å². The number of rotatable bonds is 6. The first-order chi connectivity index (χ1) is 15.9. The van der Waals surface area contributed by atoms with Gasteiger partial charge in [0.15, 0.2) is 0 Å². The molecule has 1 aliphatic carbocycles. The Bertz CT molecular complexity index is 1260. The van der Waals surface area contributed by atoms with Crippen LogP contribution in [0.25, 0.3) is 10.2 Å². The summed E-state index contributed by atoms with van der Waals surface area (Å²) in [5.74, 6) is 1.26. The lowest BCUT2D eigenvalue weighted by Crippen LogP contribution is -2.36. The van der Waals surface area contributed by atoms with Crippen molar-refractivity contribution in [1.29, 1.82) is 0 Å². The number of hydrogen-bond acceptors (Lipinski definition) is 9. The molecule has 0 atom stereocenters. The fraction of sp³-hybridized carbons (Fsp3) is 0.348. The maximum absolute atomic E-state index is 12.5. The fourth-order valence-corrected chi connectivity index (χ4v) is 5.45. The molecule has 0 aliphatic heterocycles. The van der Waals surface area contributed by atoms with Gasteiger partial charge in [-0.3, -0.25) is 9.78 Å². The van der Waals surface area contributed by atoms with E-state index in [0.717, 1.165) is 46.6 Å². The van der Waals surface area contributed by atoms with Gasteiger partial charge in [-0.15, -0.1) is 11.3 Å². The quantitative estimate of drug-likeness (QED) is 0.373. The van der Waals surface area contributed by atoms with E-state index in [9.17, 15) is 9.90 Å². The number of pyridine rings is 1. The number of anilines is 2. The molecule has 170 valence electrons. The maximum atomic E-state index is 12.5. The van der Waals surface area contributed by atoms with Crippen LogP contribution in [0.5, 0.6) is 0 Å². The second-order valence-electron chi connectivity index (χ2n) is 8.59. The van der Waals surface area contributed by atoms with Gasteiger partial charge in [-0.2, -0.15) is 4.37 Å². The van der Waals surface area contributed by atoms with Gasteiger partial charge in [0.2, 0.25) is 0 Å². The highest BCUT2D eigenvalue weighted by molar-refractivity contribution is 7.17. The summed E-state index contributed by atoms with van der Waals surface area (Å²) in [5, 5.41) is 18.7. The molecular weight excluding hydrogens is 456 g/mol. The zero-order valence-corrected chi connectivity index (χ0v) is 19.7. The van der Waals surface area contributed by atoms with Crippen molar-refractivity contribution in [3.63, 3.8) is 0 Å². The van der Waals surface area contributed by atoms with Gasteiger partial charge in [0.25, 0.3) is 5.91 Å². The van der Waals surface area contributed by atoms with Crippen molar-refractivity contribution in [3.05, 3.63) is 58.4 Å². The minimum Gasteiger partial charge on any atom is -0.390 e. The topological polar surface area (TPSA) is 113 Å². The third kappa shape index (κ3) is 5.18. The van der Waals surface area contributed by atoms with Crippen LogP contribution in [0.2, 0.25) is 0 Å². The molecule has 10 heteroatoms. The van der Waals surface area contributed by atoms with E-state index in [4.69, 9.17) is 9.97 Å². The minimum atomic E-state index is -0.569. The molecule has 5 rings (SSSR count). The van der Waals surface area contributed by atoms with Gasteiger partial charge < -0.3 is 15.7 Å². The Labute approximate surface area is 199 Å². The summed E-state index contributed by atoms with van der Waals surface area (Å²) < 4.78 is 5.35. The third-order valence-electron chi connectivity index (χ3n) is 5.80. The summed E-state index contributed by atoms with van der Waals surface area (Å²) in [6.45, 7) is 1.91. The molecule has 0 bridgehead atoms. The van der Waals surface area contributed by atoms with Gasteiger partial charge in [-0.25, -0.2) is 9.97 Å². The normalized spacial score (nSPS) is 20.6. The van der Waals surface area contributed by atoms with E-state index >= 15 is 0 Å². The number of fused-ring (bicyclic) bond motifs is 1. The minimum absolute atomic E-state index is 0.268. The molecule has 0 radical (unpaired) electrons. The van der Waals surface area contributed by atoms with E-state index in [0.29, 0.717) is 23.6 Å². The standard InChI is InChI=1S/C23H24N6O2S2/c1-23(31)7-4-14(5-8-23)25-21-20-17(6-10-32-20)27-19(28-21)12-16-11-18(29-33-16)22(30)26-15-3-2-9-24-13-15/h2-3,6,9-11,13-14,31H,4-5,7-8,12H2,1H3,(H,26,30)(H,25,27,28). The van der Waals surface area contributed by atoms with Crippen molar-refractivity contribution in [2.45, 2.75) is 50.7 Å². The molecule has 4 heterocycles. The van der Waals surface area contributed by atoms with Crippen molar-refractivity contribution in [2.24, 2.45) is 0 Å². The Kier molecular flexibility index (Phi) is 6.05. The first-order valence-corrected chi connectivity index (χ1v) is 12.5. The van der Waals surface area contributed by atoms with Gasteiger partial charge in [-0.1, -0.05) is 0 Å². The van der Waals surface area contributed by atoms with Crippen molar-refractivity contribution >= 4 is 50.5 Å². The van der Waals surface area contributed by atoms with Gasteiger partial charge in [-0.05, 0) is 73.8 Å². The second kappa shape index (κ2) is 9.12. The van der Waals surface area contributed by atoms with Crippen LogP contribution >= 0.6 is 22.9 Å². The highest BCUT2D eigenvalue weighted by atomic mass is 32.1. The van der Waals surface area contributed by atoms with Crippen LogP contribution in [0.1, 0.15) is 53.8 Å². The van der Waals surface area contributed by atoms with E-state index in [1.165, 1.54) is 11.5 Å². The van der Waals surface area contributed by atoms with Crippen LogP contribution in [0.15, 0.2) is 42.0 Å². The molecule has 1 saturated carbocycles. The number of thiophene rings is 1. The number of nitrogens with zero attached hydrogens (tertiary/aromatic N) is 4. The summed E-state index contributed by atoms with van der Waals surface area (Å²) in [5.41, 5.74) is 1.33. The molecule has 1 amide bonds. The number of carbonyl (C=O) groups excluding carboxylic acids is 1. The van der Waals surface area contributed by atoms with E-state index in [-0.39, 0.29) is 11.9 Å². The number of hydrogen-bond donors (Lipinski definition) is 3. The van der Waals surface area contributed by atoms with Crippen LogP contribution in [0.3, 0.4) is 0 Å². The summed E-state index contributed by atoms with van der Waals surface area (Å²) in [4.78, 5) is 26.9. The van der Waals surface area contributed by atoms with Crippen LogP contribution < -0.4 is 10.6 Å². The third-order valence-corrected chi connectivity index (χ3v) is 7.49. The zero-order chi connectivity index (χ0) is 22.8. The highest BCUT2D eigenvalue weighted by Gasteiger charge is 2.29. The lowest BCUT2D eigenvalue weighted by molar-refractivity contribution is 0.0196. The van der Waals surface area contributed by atoms with Crippen LogP contribution in [0.4, 0.5) is 11.5 Å². The first kappa shape index (κ1) is 21.9. The molecule has 4 aromatic rings. The van der Waals surface area contributed by atoms with Crippen LogP contribution in [-0.4, -0.2) is 42.0 Å². The Hall–Kier alpha value is -2.95. The molecule has 4 aromatic heterocycles. The Morgan fingerprint density at radius 3 is 2.91 bits per heavy atom. The van der Waals surface area contributed by atoms with Crippen molar-refractivity contribution < 1.29 is 9.90 Å². The van der Waals surface area contributed by atoms with E-state index < -0.39 is 5.60 Å². The smallest absolute Gasteiger partial charge is 0.275 e. The Morgan fingerprint density at radius 2 is 2.12 bits per heavy atom. The summed E-state index contributed by atoms with van der Waals surface area (Å²) in [6, 6.07) is 7.62. The molecule has 0 aromatic carbocycles. The van der Waals surface area contributed by atoms with Gasteiger partial charge in [0.05, 0.1) is 27.7 Å². The SMILES string of the molecule is CC1(O)CCC(Nc2nc(Cc3cc(C(=O)Nc4cccnc4)ns3)nc3ccsc23)CC1. The molecule has 8 nitrogen and oxygen atoms in total. The molecule has 0 unspecified atom stereocenters. The number of amides is 1. The van der Waals surface area contributed by atoms with Crippen LogP contribution in [-0.2, 0) is 6.42 Å². The summed E-state index contributed by atoms with van der Waals surface area (Å²) in [6.07, 6.45) is 7.12. The van der Waals surface area contributed by atoms with Gasteiger partial charge in [0, 0.05) is 23.5 Å². The van der Waals surface area contributed by atoms with Crippen molar-refractivity contribution in [3.8, 4) is 0 Å². The Morgan fingerprint density at radius 1 is 1.27 bits per heavy atom. The lowest BCUT2D eigenvalue weighted by atomic mass is 9.84. The van der Waals surface area contributed by atoms with E-state index in [1.54, 1.807) is 41.9 Å². The average molecular weight is 481 g/mol. The maximum Gasteiger partial charge on any atom is 0.275 e. The number of aliphatic hydroxyl groups is 1. The average Bonchev–Trinajstić information content (AvgIpc) is 3.46. The molecule has 33 heavy (non-hydrogen) atoms. The molecule has 1 fully saturated rings. The molecular formula is C23H24N6O2S2. The number of carbonyl (C=O) groups is 1. The second-order valence-corrected chi connectivity index (χ2v) is 10.4. The highest BCUT2D eigenvalue weighted by Crippen LogP contribution is 2.32. The zero-order valence-electron chi connectivity index (χ0n) is 18.1. The fourth-order valence-electron chi connectivity index (χ4n) is 3.96. The van der Waals surface area contributed by atoms with E-state index in [2.05, 4.69) is 20.0 Å².